The van der Waals surface area contributed by atoms with Crippen molar-refractivity contribution in [3.05, 3.63) is 0 Å². The highest BCUT2D eigenvalue weighted by molar-refractivity contribution is 6.37. The average molecular weight is 128 g/mol. The molecule has 48 valence electrons. The van der Waals surface area contributed by atoms with Gasteiger partial charge in [0.25, 0.3) is 0 Å². The predicted molar refractivity (Wildman–Crippen MR) is 26.1 cm³/mol. The van der Waals surface area contributed by atoms with Gasteiger partial charge in [0.05, 0.1) is 0 Å². The number of amides is 2. The summed E-state index contributed by atoms with van der Waals surface area (Å²) in [4.78, 5) is 30.4. The Morgan fingerprint density at radius 3 is 1.89 bits per heavy atom. The molecule has 0 radical (unpaired) electrons. The molecule has 5 heteroatoms. The molecule has 0 unspecified atom stereocenters. The summed E-state index contributed by atoms with van der Waals surface area (Å²) in [7, 11) is 0. The van der Waals surface area contributed by atoms with E-state index in [0.717, 1.165) is 0 Å². The van der Waals surface area contributed by atoms with Gasteiger partial charge in [-0.15, -0.1) is 0 Å². The summed E-state index contributed by atoms with van der Waals surface area (Å²) in [6.45, 7) is 0. The van der Waals surface area contributed by atoms with Gasteiger partial charge in [-0.3, -0.25) is 14.4 Å². The van der Waals surface area contributed by atoms with E-state index in [1.54, 1.807) is 0 Å². The number of aldehydes is 1. The molecule has 0 atom stereocenters. The van der Waals surface area contributed by atoms with Crippen LogP contribution < -0.4 is 10.6 Å². The maximum absolute atomic E-state index is 10.3. The molecule has 0 aromatic carbocycles. The van der Waals surface area contributed by atoms with Crippen LogP contribution in [0.4, 0.5) is 0 Å². The molecule has 0 bridgehead atoms. The Morgan fingerprint density at radius 2 is 1.67 bits per heavy atom. The Labute approximate surface area is 50.4 Å². The molecular weight excluding hydrogens is 124 g/mol. The molecular formula is C4H4N2O3. The van der Waals surface area contributed by atoms with E-state index in [4.69, 9.17) is 0 Å². The van der Waals surface area contributed by atoms with Crippen molar-refractivity contribution in [2.75, 3.05) is 0 Å². The number of carbonyl (C=O) groups excluding carboxylic acids is 3. The molecule has 0 aliphatic carbocycles. The molecule has 1 aliphatic rings. The van der Waals surface area contributed by atoms with Crippen molar-refractivity contribution >= 4 is 18.1 Å². The van der Waals surface area contributed by atoms with Gasteiger partial charge in [-0.2, -0.15) is 0 Å². The third kappa shape index (κ3) is 0.883. The third-order valence-corrected chi connectivity index (χ3v) is 0.916. The quantitative estimate of drug-likeness (QED) is 0.309. The van der Waals surface area contributed by atoms with Gasteiger partial charge in [-0.05, 0) is 0 Å². The van der Waals surface area contributed by atoms with Crippen molar-refractivity contribution in [3.8, 4) is 0 Å². The van der Waals surface area contributed by atoms with Gasteiger partial charge in [0.15, 0.2) is 12.5 Å². The van der Waals surface area contributed by atoms with E-state index in [9.17, 15) is 14.4 Å². The second-order valence-electron chi connectivity index (χ2n) is 1.56. The molecule has 0 spiro atoms. The molecule has 1 saturated heterocycles. The van der Waals surface area contributed by atoms with Crippen LogP contribution in [-0.4, -0.2) is 24.3 Å². The SMILES string of the molecule is O=CC1NC(=O)C(=O)N1. The first-order valence-corrected chi connectivity index (χ1v) is 2.30. The predicted octanol–water partition coefficient (Wildman–Crippen LogP) is -2.24. The molecule has 1 heterocycles. The highest BCUT2D eigenvalue weighted by Crippen LogP contribution is 1.82. The van der Waals surface area contributed by atoms with Crippen molar-refractivity contribution in [1.82, 2.24) is 10.6 Å². The number of rotatable bonds is 1. The van der Waals surface area contributed by atoms with E-state index >= 15 is 0 Å². The lowest BCUT2D eigenvalue weighted by molar-refractivity contribution is -0.135. The Kier molecular flexibility index (Phi) is 1.18. The Morgan fingerprint density at radius 1 is 1.22 bits per heavy atom. The van der Waals surface area contributed by atoms with E-state index in [-0.39, 0.29) is 0 Å². The largest absolute Gasteiger partial charge is 0.321 e. The highest BCUT2D eigenvalue weighted by Gasteiger charge is 2.27. The Bertz CT molecular complexity index is 161. The summed E-state index contributed by atoms with van der Waals surface area (Å²) in [6.07, 6.45) is -0.381. The Balaban J connectivity index is 2.64. The summed E-state index contributed by atoms with van der Waals surface area (Å²) in [6, 6.07) is 0. The van der Waals surface area contributed by atoms with Gasteiger partial charge in [0.2, 0.25) is 0 Å². The van der Waals surface area contributed by atoms with Crippen molar-refractivity contribution in [2.24, 2.45) is 0 Å². The van der Waals surface area contributed by atoms with E-state index < -0.39 is 18.0 Å². The molecule has 1 fully saturated rings. The molecule has 0 aromatic rings. The lowest BCUT2D eigenvalue weighted by atomic mass is 10.6. The third-order valence-electron chi connectivity index (χ3n) is 0.916. The van der Waals surface area contributed by atoms with E-state index in [0.29, 0.717) is 6.29 Å². The summed E-state index contributed by atoms with van der Waals surface area (Å²) in [5.41, 5.74) is 0. The number of carbonyl (C=O) groups is 3. The number of nitrogens with one attached hydrogen (secondary N) is 2. The zero-order chi connectivity index (χ0) is 6.85. The van der Waals surface area contributed by atoms with Gasteiger partial charge < -0.3 is 10.6 Å². The van der Waals surface area contributed by atoms with Gasteiger partial charge in [-0.1, -0.05) is 0 Å². The first kappa shape index (κ1) is 5.74. The van der Waals surface area contributed by atoms with E-state index in [1.807, 2.05) is 0 Å². The second kappa shape index (κ2) is 1.85. The normalized spacial score (nSPS) is 19.1. The van der Waals surface area contributed by atoms with Gasteiger partial charge in [0.1, 0.15) is 0 Å². The standard InChI is InChI=1S/C4H4N2O3/c7-1-2-5-3(8)4(9)6-2/h1-2H,(H,5,8)(H,6,9). The molecule has 1 aliphatic heterocycles. The fraction of sp³-hybridized carbons (Fsp3) is 0.250. The average Bonchev–Trinajstić information content (AvgIpc) is 2.13. The smallest absolute Gasteiger partial charge is 0.311 e. The van der Waals surface area contributed by atoms with Crippen molar-refractivity contribution in [2.45, 2.75) is 6.17 Å². The minimum Gasteiger partial charge on any atom is -0.321 e. The van der Waals surface area contributed by atoms with Crippen molar-refractivity contribution in [3.63, 3.8) is 0 Å². The summed E-state index contributed by atoms with van der Waals surface area (Å²) < 4.78 is 0. The molecule has 0 aromatic heterocycles. The molecule has 2 amide bonds. The minimum absolute atomic E-state index is 0.447. The zero-order valence-electron chi connectivity index (χ0n) is 4.38. The Hall–Kier alpha value is -1.39. The topological polar surface area (TPSA) is 75.3 Å². The lowest BCUT2D eigenvalue weighted by Gasteiger charge is -1.95. The molecule has 9 heavy (non-hydrogen) atoms. The second-order valence-corrected chi connectivity index (χ2v) is 1.56. The first-order valence-electron chi connectivity index (χ1n) is 2.30. The van der Waals surface area contributed by atoms with Crippen LogP contribution in [0.1, 0.15) is 0 Å². The fourth-order valence-corrected chi connectivity index (χ4v) is 0.518. The van der Waals surface area contributed by atoms with Gasteiger partial charge >= 0.3 is 11.8 Å². The van der Waals surface area contributed by atoms with Crippen LogP contribution in [0.15, 0.2) is 0 Å². The zero-order valence-corrected chi connectivity index (χ0v) is 4.38. The lowest BCUT2D eigenvalue weighted by Crippen LogP contribution is -2.33. The van der Waals surface area contributed by atoms with E-state index in [2.05, 4.69) is 10.6 Å². The van der Waals surface area contributed by atoms with Gasteiger partial charge in [0, 0.05) is 0 Å². The highest BCUT2D eigenvalue weighted by atomic mass is 16.2. The maximum Gasteiger partial charge on any atom is 0.311 e. The minimum atomic E-state index is -0.829. The molecule has 1 rings (SSSR count). The van der Waals surface area contributed by atoms with Crippen LogP contribution in [0.2, 0.25) is 0 Å². The summed E-state index contributed by atoms with van der Waals surface area (Å²) in [5, 5.41) is 4.17. The van der Waals surface area contributed by atoms with Crippen LogP contribution in [-0.2, 0) is 14.4 Å². The number of hydrogen-bond acceptors (Lipinski definition) is 3. The van der Waals surface area contributed by atoms with Crippen LogP contribution in [0.3, 0.4) is 0 Å². The van der Waals surface area contributed by atoms with Crippen LogP contribution in [0.25, 0.3) is 0 Å². The monoisotopic (exact) mass is 128 g/mol. The van der Waals surface area contributed by atoms with Crippen LogP contribution in [0.5, 0.6) is 0 Å². The van der Waals surface area contributed by atoms with Crippen LogP contribution in [0, 0.1) is 0 Å². The van der Waals surface area contributed by atoms with Crippen molar-refractivity contribution < 1.29 is 14.4 Å². The number of hydrogen-bond donors (Lipinski definition) is 2. The van der Waals surface area contributed by atoms with Crippen molar-refractivity contribution in [1.29, 1.82) is 0 Å². The first-order chi connectivity index (χ1) is 4.24. The summed E-state index contributed by atoms with van der Waals surface area (Å²) >= 11 is 0. The molecule has 5 nitrogen and oxygen atoms in total. The van der Waals surface area contributed by atoms with Crippen LogP contribution >= 0.6 is 0 Å². The van der Waals surface area contributed by atoms with E-state index in [1.165, 1.54) is 0 Å². The maximum atomic E-state index is 10.3. The molecule has 0 saturated carbocycles. The molecule has 2 N–H and O–H groups in total. The van der Waals surface area contributed by atoms with Gasteiger partial charge in [-0.25, -0.2) is 0 Å². The summed E-state index contributed by atoms with van der Waals surface area (Å²) in [5.74, 6) is -1.51. The fourth-order valence-electron chi connectivity index (χ4n) is 0.518.